The Bertz CT molecular complexity index is 1100. The lowest BCUT2D eigenvalue weighted by Crippen LogP contribution is -2.23. The van der Waals surface area contributed by atoms with Crippen molar-refractivity contribution in [2.75, 3.05) is 19.0 Å². The number of para-hydroxylation sites is 2. The lowest BCUT2D eigenvalue weighted by atomic mass is 10.2. The summed E-state index contributed by atoms with van der Waals surface area (Å²) in [5.41, 5.74) is 1.95. The van der Waals surface area contributed by atoms with Crippen LogP contribution in [0.2, 0.25) is 0 Å². The molecule has 0 spiro atoms. The van der Waals surface area contributed by atoms with Crippen LogP contribution in [0.3, 0.4) is 0 Å². The zero-order valence-corrected chi connectivity index (χ0v) is 15.6. The second-order valence-electron chi connectivity index (χ2n) is 6.10. The third kappa shape index (κ3) is 4.89. The van der Waals surface area contributed by atoms with Gasteiger partial charge in [-0.1, -0.05) is 12.1 Å². The molecule has 0 atom stereocenters. The summed E-state index contributed by atoms with van der Waals surface area (Å²) in [6.07, 6.45) is -0.0858. The van der Waals surface area contributed by atoms with Crippen molar-refractivity contribution in [3.63, 3.8) is 0 Å². The van der Waals surface area contributed by atoms with Gasteiger partial charge in [-0.25, -0.2) is 4.79 Å². The Balaban J connectivity index is 1.47. The lowest BCUT2D eigenvalue weighted by molar-refractivity contribution is -0.147. The number of benzene rings is 2. The van der Waals surface area contributed by atoms with Gasteiger partial charge in [-0.15, -0.1) is 0 Å². The molecule has 2 amide bonds. The van der Waals surface area contributed by atoms with E-state index in [1.807, 2.05) is 0 Å². The molecule has 3 aromatic rings. The molecule has 9 heteroatoms. The van der Waals surface area contributed by atoms with Crippen molar-refractivity contribution < 1.29 is 23.5 Å². The number of hydrogen-bond donors (Lipinski definition) is 2. The predicted molar refractivity (Wildman–Crippen MR) is 105 cm³/mol. The molecule has 0 bridgehead atoms. The van der Waals surface area contributed by atoms with Crippen LogP contribution in [0, 0.1) is 0 Å². The first-order valence-electron chi connectivity index (χ1n) is 8.84. The van der Waals surface area contributed by atoms with Crippen molar-refractivity contribution in [2.45, 2.75) is 13.0 Å². The lowest BCUT2D eigenvalue weighted by Gasteiger charge is -2.07. The number of amides is 2. The predicted octanol–water partition coefficient (Wildman–Crippen LogP) is 1.53. The Morgan fingerprint density at radius 2 is 1.79 bits per heavy atom. The first kappa shape index (κ1) is 19.9. The molecule has 0 saturated carbocycles. The van der Waals surface area contributed by atoms with E-state index in [2.05, 4.69) is 10.6 Å². The van der Waals surface area contributed by atoms with Crippen molar-refractivity contribution in [3.05, 3.63) is 64.6 Å². The van der Waals surface area contributed by atoms with Crippen LogP contribution in [-0.4, -0.2) is 36.0 Å². The molecule has 0 aliphatic heterocycles. The summed E-state index contributed by atoms with van der Waals surface area (Å²) in [6, 6.07) is 13.2. The number of rotatable bonds is 7. The highest BCUT2D eigenvalue weighted by atomic mass is 16.5. The fourth-order valence-electron chi connectivity index (χ4n) is 2.69. The van der Waals surface area contributed by atoms with Crippen molar-refractivity contribution in [3.8, 4) is 0 Å². The van der Waals surface area contributed by atoms with Crippen molar-refractivity contribution in [2.24, 2.45) is 0 Å². The standard InChI is InChI=1S/C20H19N3O6/c1-21-19(26)13-6-8-14(9-7-13)22-17(24)12-28-18(25)10-11-23-15-4-2-3-5-16(15)29-20(23)27/h2-9H,10-12H2,1H3,(H,21,26)(H,22,24). The number of anilines is 1. The summed E-state index contributed by atoms with van der Waals surface area (Å²) in [7, 11) is 1.53. The maximum absolute atomic E-state index is 11.9. The van der Waals surface area contributed by atoms with Gasteiger partial charge in [0.2, 0.25) is 0 Å². The van der Waals surface area contributed by atoms with Gasteiger partial charge < -0.3 is 19.8 Å². The normalized spacial score (nSPS) is 10.5. The number of aromatic nitrogens is 1. The molecule has 2 N–H and O–H groups in total. The molecule has 2 aromatic carbocycles. The average molecular weight is 397 g/mol. The van der Waals surface area contributed by atoms with Gasteiger partial charge in [0.1, 0.15) is 0 Å². The van der Waals surface area contributed by atoms with E-state index in [1.165, 1.54) is 11.6 Å². The Labute approximate surface area is 165 Å². The molecule has 0 aliphatic rings. The van der Waals surface area contributed by atoms with E-state index in [0.29, 0.717) is 22.4 Å². The van der Waals surface area contributed by atoms with Crippen LogP contribution in [-0.2, 0) is 20.9 Å². The first-order valence-corrected chi connectivity index (χ1v) is 8.84. The Hall–Kier alpha value is -3.88. The molecule has 3 rings (SSSR count). The van der Waals surface area contributed by atoms with Crippen LogP contribution in [0.15, 0.2) is 57.7 Å². The third-order valence-corrected chi connectivity index (χ3v) is 4.14. The van der Waals surface area contributed by atoms with Gasteiger partial charge in [0.25, 0.3) is 11.8 Å². The SMILES string of the molecule is CNC(=O)c1ccc(NC(=O)COC(=O)CCn2c(=O)oc3ccccc32)cc1. The van der Waals surface area contributed by atoms with Crippen LogP contribution in [0.25, 0.3) is 11.1 Å². The number of hydrogen-bond acceptors (Lipinski definition) is 6. The van der Waals surface area contributed by atoms with Gasteiger partial charge in [0, 0.05) is 24.8 Å². The summed E-state index contributed by atoms with van der Waals surface area (Å²) in [6.45, 7) is -0.381. The molecule has 29 heavy (non-hydrogen) atoms. The van der Waals surface area contributed by atoms with E-state index < -0.39 is 24.2 Å². The fourth-order valence-corrected chi connectivity index (χ4v) is 2.69. The van der Waals surface area contributed by atoms with Crippen LogP contribution >= 0.6 is 0 Å². The number of nitrogens with zero attached hydrogens (tertiary/aromatic N) is 1. The van der Waals surface area contributed by atoms with Gasteiger partial charge in [0.05, 0.1) is 11.9 Å². The molecular weight excluding hydrogens is 378 g/mol. The van der Waals surface area contributed by atoms with E-state index in [-0.39, 0.29) is 18.9 Å². The molecule has 0 saturated heterocycles. The molecule has 1 heterocycles. The number of oxazole rings is 1. The number of carbonyl (C=O) groups excluding carboxylic acids is 3. The molecule has 150 valence electrons. The summed E-state index contributed by atoms with van der Waals surface area (Å²) < 4.78 is 11.4. The molecule has 0 aliphatic carbocycles. The van der Waals surface area contributed by atoms with Crippen molar-refractivity contribution >= 4 is 34.6 Å². The molecule has 0 unspecified atom stereocenters. The monoisotopic (exact) mass is 397 g/mol. The maximum atomic E-state index is 11.9. The number of fused-ring (bicyclic) bond motifs is 1. The molecule has 0 fully saturated rings. The largest absolute Gasteiger partial charge is 0.456 e. The van der Waals surface area contributed by atoms with Crippen LogP contribution < -0.4 is 16.4 Å². The van der Waals surface area contributed by atoms with E-state index in [1.54, 1.807) is 48.5 Å². The minimum Gasteiger partial charge on any atom is -0.456 e. The number of nitrogens with one attached hydrogen (secondary N) is 2. The molecular formula is C20H19N3O6. The fraction of sp³-hybridized carbons (Fsp3) is 0.200. The maximum Gasteiger partial charge on any atom is 0.419 e. The average Bonchev–Trinajstić information content (AvgIpc) is 3.05. The molecule has 1 aromatic heterocycles. The number of aryl methyl sites for hydroxylation is 1. The van der Waals surface area contributed by atoms with Crippen LogP contribution in [0.1, 0.15) is 16.8 Å². The highest BCUT2D eigenvalue weighted by molar-refractivity contribution is 5.96. The van der Waals surface area contributed by atoms with E-state index in [0.717, 1.165) is 0 Å². The Morgan fingerprint density at radius 3 is 2.52 bits per heavy atom. The summed E-state index contributed by atoms with van der Waals surface area (Å²) in [5, 5.41) is 5.06. The van der Waals surface area contributed by atoms with E-state index in [9.17, 15) is 19.2 Å². The van der Waals surface area contributed by atoms with Gasteiger partial charge in [-0.3, -0.25) is 19.0 Å². The minimum absolute atomic E-state index is 0.0806. The zero-order valence-electron chi connectivity index (χ0n) is 15.6. The number of esters is 1. The van der Waals surface area contributed by atoms with Gasteiger partial charge in [-0.2, -0.15) is 0 Å². The van der Waals surface area contributed by atoms with Crippen molar-refractivity contribution in [1.29, 1.82) is 0 Å². The highest BCUT2D eigenvalue weighted by Gasteiger charge is 2.12. The zero-order chi connectivity index (χ0) is 20.8. The minimum atomic E-state index is -0.618. The second-order valence-corrected chi connectivity index (χ2v) is 6.10. The number of ether oxygens (including phenoxy) is 1. The van der Waals surface area contributed by atoms with E-state index >= 15 is 0 Å². The van der Waals surface area contributed by atoms with Crippen molar-refractivity contribution in [1.82, 2.24) is 9.88 Å². The summed E-state index contributed by atoms with van der Waals surface area (Å²) in [4.78, 5) is 47.2. The summed E-state index contributed by atoms with van der Waals surface area (Å²) in [5.74, 6) is -1.93. The first-order chi connectivity index (χ1) is 14.0. The summed E-state index contributed by atoms with van der Waals surface area (Å²) >= 11 is 0. The van der Waals surface area contributed by atoms with Crippen LogP contribution in [0.4, 0.5) is 5.69 Å². The topological polar surface area (TPSA) is 120 Å². The van der Waals surface area contributed by atoms with E-state index in [4.69, 9.17) is 9.15 Å². The highest BCUT2D eigenvalue weighted by Crippen LogP contribution is 2.12. The number of carbonyl (C=O) groups is 3. The Kier molecular flexibility index (Phi) is 6.08. The van der Waals surface area contributed by atoms with Gasteiger partial charge in [0.15, 0.2) is 12.2 Å². The second kappa shape index (κ2) is 8.87. The molecule has 0 radical (unpaired) electrons. The van der Waals surface area contributed by atoms with Gasteiger partial charge >= 0.3 is 11.7 Å². The third-order valence-electron chi connectivity index (χ3n) is 4.14. The Morgan fingerprint density at radius 1 is 1.07 bits per heavy atom. The molecule has 9 nitrogen and oxygen atoms in total. The quantitative estimate of drug-likeness (QED) is 0.584. The van der Waals surface area contributed by atoms with Crippen LogP contribution in [0.5, 0.6) is 0 Å². The smallest absolute Gasteiger partial charge is 0.419 e. The van der Waals surface area contributed by atoms with Gasteiger partial charge in [-0.05, 0) is 36.4 Å².